The highest BCUT2D eigenvalue weighted by molar-refractivity contribution is 6.30. The molecule has 0 saturated carbocycles. The number of hydrogen-bond donors (Lipinski definition) is 1. The van der Waals surface area contributed by atoms with E-state index in [-0.39, 0.29) is 5.82 Å². The molecule has 0 atom stereocenters. The van der Waals surface area contributed by atoms with E-state index in [0.717, 1.165) is 18.7 Å². The highest BCUT2D eigenvalue weighted by Crippen LogP contribution is 2.14. The molecule has 1 aromatic rings. The van der Waals surface area contributed by atoms with Gasteiger partial charge in [-0.25, -0.2) is 4.39 Å². The Morgan fingerprint density at radius 3 is 2.86 bits per heavy atom. The minimum atomic E-state index is -0.305. The molecule has 0 spiro atoms. The van der Waals surface area contributed by atoms with Crippen LogP contribution in [0.3, 0.4) is 0 Å². The molecule has 14 heavy (non-hydrogen) atoms. The van der Waals surface area contributed by atoms with Gasteiger partial charge in [-0.2, -0.15) is 0 Å². The molecular formula is C11H13ClFN. The Hall–Kier alpha value is -0.860. The maximum Gasteiger partial charge on any atom is 0.125 e. The van der Waals surface area contributed by atoms with Crippen molar-refractivity contribution in [3.8, 4) is 0 Å². The van der Waals surface area contributed by atoms with E-state index < -0.39 is 0 Å². The summed E-state index contributed by atoms with van der Waals surface area (Å²) in [5.41, 5.74) is 0.785. The quantitative estimate of drug-likeness (QED) is 0.758. The van der Waals surface area contributed by atoms with E-state index in [9.17, 15) is 4.39 Å². The zero-order valence-electron chi connectivity index (χ0n) is 8.06. The molecule has 0 amide bonds. The maximum absolute atomic E-state index is 12.9. The number of benzene rings is 1. The van der Waals surface area contributed by atoms with E-state index in [1.807, 2.05) is 19.1 Å². The molecular weight excluding hydrogens is 201 g/mol. The van der Waals surface area contributed by atoms with Crippen molar-refractivity contribution in [3.05, 3.63) is 40.7 Å². The van der Waals surface area contributed by atoms with Gasteiger partial charge in [-0.15, -0.1) is 0 Å². The van der Waals surface area contributed by atoms with Crippen LogP contribution in [-0.4, -0.2) is 13.1 Å². The average molecular weight is 214 g/mol. The van der Waals surface area contributed by atoms with Crippen molar-refractivity contribution in [2.75, 3.05) is 13.1 Å². The van der Waals surface area contributed by atoms with Crippen LogP contribution in [0.1, 0.15) is 12.5 Å². The van der Waals surface area contributed by atoms with Crippen molar-refractivity contribution in [2.45, 2.75) is 6.92 Å². The first kappa shape index (κ1) is 11.2. The van der Waals surface area contributed by atoms with Gasteiger partial charge < -0.3 is 5.32 Å². The van der Waals surface area contributed by atoms with Gasteiger partial charge >= 0.3 is 0 Å². The molecule has 1 nitrogen and oxygen atoms in total. The van der Waals surface area contributed by atoms with Gasteiger partial charge in [-0.3, -0.25) is 0 Å². The fourth-order valence-electron chi connectivity index (χ4n) is 1.09. The second-order valence-electron chi connectivity index (χ2n) is 2.91. The molecule has 3 heteroatoms. The zero-order chi connectivity index (χ0) is 10.4. The molecule has 0 radical (unpaired) electrons. The first-order valence-corrected chi connectivity index (χ1v) is 4.93. The molecule has 1 rings (SSSR count). The predicted molar refractivity (Wildman–Crippen MR) is 59.0 cm³/mol. The molecule has 1 N–H and O–H groups in total. The van der Waals surface area contributed by atoms with Gasteiger partial charge in [-0.05, 0) is 30.3 Å². The van der Waals surface area contributed by atoms with Gasteiger partial charge in [0.05, 0.1) is 0 Å². The fraction of sp³-hybridized carbons (Fsp3) is 0.273. The van der Waals surface area contributed by atoms with E-state index in [4.69, 9.17) is 11.6 Å². The molecule has 76 valence electrons. The highest BCUT2D eigenvalue weighted by Gasteiger charge is 1.95. The lowest BCUT2D eigenvalue weighted by atomic mass is 10.2. The summed E-state index contributed by atoms with van der Waals surface area (Å²) >= 11 is 5.70. The van der Waals surface area contributed by atoms with Crippen LogP contribution in [-0.2, 0) is 0 Å². The Bertz CT molecular complexity index is 303. The highest BCUT2D eigenvalue weighted by atomic mass is 35.5. The van der Waals surface area contributed by atoms with Crippen LogP contribution in [0.4, 0.5) is 4.39 Å². The summed E-state index contributed by atoms with van der Waals surface area (Å²) < 4.78 is 12.9. The molecule has 0 aliphatic heterocycles. The molecule has 0 aliphatic rings. The van der Waals surface area contributed by atoms with Crippen LogP contribution in [0.15, 0.2) is 24.3 Å². The van der Waals surface area contributed by atoms with E-state index in [1.165, 1.54) is 12.1 Å². The normalized spacial score (nSPS) is 11.1. The number of hydrogen-bond acceptors (Lipinski definition) is 1. The predicted octanol–water partition coefficient (Wildman–Crippen LogP) is 3.10. The summed E-state index contributed by atoms with van der Waals surface area (Å²) in [6.45, 7) is 3.74. The third-order valence-corrected chi connectivity index (χ3v) is 1.93. The SMILES string of the molecule is CCNC/C=C/c1cc(F)cc(Cl)c1. The molecule has 0 aromatic heterocycles. The van der Waals surface area contributed by atoms with Gasteiger partial charge in [-0.1, -0.05) is 30.7 Å². The number of likely N-dealkylation sites (N-methyl/N-ethyl adjacent to an activating group) is 1. The van der Waals surface area contributed by atoms with Gasteiger partial charge in [0.15, 0.2) is 0 Å². The van der Waals surface area contributed by atoms with E-state index in [1.54, 1.807) is 6.07 Å². The lowest BCUT2D eigenvalue weighted by Crippen LogP contribution is -2.11. The van der Waals surface area contributed by atoms with Crippen LogP contribution in [0, 0.1) is 5.82 Å². The van der Waals surface area contributed by atoms with Gasteiger partial charge in [0.2, 0.25) is 0 Å². The summed E-state index contributed by atoms with van der Waals surface area (Å²) in [7, 11) is 0. The van der Waals surface area contributed by atoms with Gasteiger partial charge in [0.25, 0.3) is 0 Å². The van der Waals surface area contributed by atoms with Crippen molar-refractivity contribution in [1.29, 1.82) is 0 Å². The summed E-state index contributed by atoms with van der Waals surface area (Å²) in [6, 6.07) is 4.48. The van der Waals surface area contributed by atoms with Crippen molar-refractivity contribution in [1.82, 2.24) is 5.32 Å². The standard InChI is InChI=1S/C11H13ClFN/c1-2-14-5-3-4-9-6-10(12)8-11(13)7-9/h3-4,6-8,14H,2,5H2,1H3/b4-3+. The molecule has 0 unspecified atom stereocenters. The molecule has 0 bridgehead atoms. The zero-order valence-corrected chi connectivity index (χ0v) is 8.81. The second kappa shape index (κ2) is 5.78. The van der Waals surface area contributed by atoms with Crippen LogP contribution in [0.25, 0.3) is 6.08 Å². The topological polar surface area (TPSA) is 12.0 Å². The summed E-state index contributed by atoms with van der Waals surface area (Å²) in [5.74, 6) is -0.305. The van der Waals surface area contributed by atoms with E-state index >= 15 is 0 Å². The molecule has 0 aliphatic carbocycles. The summed E-state index contributed by atoms with van der Waals surface area (Å²) in [5, 5.41) is 3.56. The van der Waals surface area contributed by atoms with Gasteiger partial charge in [0.1, 0.15) is 5.82 Å². The first-order chi connectivity index (χ1) is 6.72. The fourth-order valence-corrected chi connectivity index (χ4v) is 1.32. The van der Waals surface area contributed by atoms with Crippen molar-refractivity contribution >= 4 is 17.7 Å². The Labute approximate surface area is 88.6 Å². The first-order valence-electron chi connectivity index (χ1n) is 4.55. The van der Waals surface area contributed by atoms with Crippen molar-refractivity contribution in [3.63, 3.8) is 0 Å². The number of nitrogens with one attached hydrogen (secondary N) is 1. The van der Waals surface area contributed by atoms with Gasteiger partial charge in [0, 0.05) is 11.6 Å². The molecule has 0 saturated heterocycles. The Kier molecular flexibility index (Phi) is 4.63. The average Bonchev–Trinajstić information content (AvgIpc) is 2.11. The lowest BCUT2D eigenvalue weighted by molar-refractivity contribution is 0.627. The van der Waals surface area contributed by atoms with E-state index in [0.29, 0.717) is 5.02 Å². The third-order valence-electron chi connectivity index (χ3n) is 1.71. The van der Waals surface area contributed by atoms with Crippen molar-refractivity contribution < 1.29 is 4.39 Å². The van der Waals surface area contributed by atoms with Crippen molar-refractivity contribution in [2.24, 2.45) is 0 Å². The third kappa shape index (κ3) is 3.90. The lowest BCUT2D eigenvalue weighted by Gasteiger charge is -1.97. The molecule has 0 heterocycles. The minimum Gasteiger partial charge on any atom is -0.314 e. The van der Waals surface area contributed by atoms with Crippen LogP contribution in [0.5, 0.6) is 0 Å². The van der Waals surface area contributed by atoms with Crippen LogP contribution < -0.4 is 5.32 Å². The number of halogens is 2. The molecule has 0 fully saturated rings. The van der Waals surface area contributed by atoms with Crippen LogP contribution in [0.2, 0.25) is 5.02 Å². The molecule has 1 aromatic carbocycles. The largest absolute Gasteiger partial charge is 0.314 e. The summed E-state index contributed by atoms with van der Waals surface area (Å²) in [4.78, 5) is 0. The Balaban J connectivity index is 2.62. The number of rotatable bonds is 4. The summed E-state index contributed by atoms with van der Waals surface area (Å²) in [6.07, 6.45) is 3.78. The smallest absolute Gasteiger partial charge is 0.125 e. The maximum atomic E-state index is 12.9. The Morgan fingerprint density at radius 2 is 2.21 bits per heavy atom. The second-order valence-corrected chi connectivity index (χ2v) is 3.35. The Morgan fingerprint density at radius 1 is 1.43 bits per heavy atom. The van der Waals surface area contributed by atoms with Crippen LogP contribution >= 0.6 is 11.6 Å². The monoisotopic (exact) mass is 213 g/mol. The minimum absolute atomic E-state index is 0.305. The van der Waals surface area contributed by atoms with E-state index in [2.05, 4.69) is 5.32 Å².